The molecule has 0 amide bonds. The number of hydrogen-bond acceptors (Lipinski definition) is 2. The van der Waals surface area contributed by atoms with Gasteiger partial charge in [0, 0.05) is 23.0 Å². The van der Waals surface area contributed by atoms with Crippen LogP contribution in [0.1, 0.15) is 65.9 Å². The van der Waals surface area contributed by atoms with E-state index in [-0.39, 0.29) is 11.8 Å². The second kappa shape index (κ2) is 4.75. The maximum Gasteiger partial charge on any atom is 0.150 e. The molecule has 3 aliphatic rings. The van der Waals surface area contributed by atoms with Crippen LogP contribution in [0.5, 0.6) is 0 Å². The molecule has 2 heteroatoms. The molecule has 6 rings (SSSR count). The molecule has 0 N–H and O–H groups in total. The summed E-state index contributed by atoms with van der Waals surface area (Å²) in [5.41, 5.74) is 8.52. The molecule has 0 saturated heterocycles. The second-order valence-corrected chi connectivity index (χ2v) is 6.43. The molecule has 2 atom stereocenters. The van der Waals surface area contributed by atoms with Gasteiger partial charge >= 0.3 is 0 Å². The van der Waals surface area contributed by atoms with Gasteiger partial charge in [-0.05, 0) is 33.4 Å². The largest absolute Gasteiger partial charge is 0.298 e. The molecule has 2 bridgehead atoms. The Balaban J connectivity index is 1.95. The molecule has 0 heterocycles. The van der Waals surface area contributed by atoms with Crippen molar-refractivity contribution in [3.05, 3.63) is 105 Å². The van der Waals surface area contributed by atoms with Gasteiger partial charge in [-0.25, -0.2) is 0 Å². The lowest BCUT2D eigenvalue weighted by molar-refractivity contribution is 0.111. The molecular formula is C22H14O2. The molecule has 3 aliphatic carbocycles. The Hall–Kier alpha value is -3.00. The van der Waals surface area contributed by atoms with Gasteiger partial charge in [0.1, 0.15) is 12.6 Å². The molecule has 0 aliphatic heterocycles. The van der Waals surface area contributed by atoms with E-state index in [0.29, 0.717) is 0 Å². The van der Waals surface area contributed by atoms with E-state index >= 15 is 0 Å². The third-order valence-corrected chi connectivity index (χ3v) is 5.42. The average Bonchev–Trinajstić information content (AvgIpc) is 2.66. The van der Waals surface area contributed by atoms with Gasteiger partial charge in [-0.2, -0.15) is 0 Å². The van der Waals surface area contributed by atoms with E-state index in [1.165, 1.54) is 11.1 Å². The fourth-order valence-corrected chi connectivity index (χ4v) is 4.57. The molecule has 0 spiro atoms. The first-order chi connectivity index (χ1) is 11.8. The molecule has 3 aromatic rings. The van der Waals surface area contributed by atoms with Crippen LogP contribution in [0.3, 0.4) is 0 Å². The summed E-state index contributed by atoms with van der Waals surface area (Å²) in [5, 5.41) is 0. The highest BCUT2D eigenvalue weighted by Crippen LogP contribution is 2.56. The van der Waals surface area contributed by atoms with Crippen molar-refractivity contribution in [1.82, 2.24) is 0 Å². The molecule has 24 heavy (non-hydrogen) atoms. The molecule has 0 fully saturated rings. The van der Waals surface area contributed by atoms with E-state index in [0.717, 1.165) is 46.0 Å². The fourth-order valence-electron chi connectivity index (χ4n) is 4.57. The zero-order valence-electron chi connectivity index (χ0n) is 12.9. The van der Waals surface area contributed by atoms with E-state index in [9.17, 15) is 9.59 Å². The smallest absolute Gasteiger partial charge is 0.150 e. The van der Waals surface area contributed by atoms with Gasteiger partial charge in [-0.3, -0.25) is 9.59 Å². The first kappa shape index (κ1) is 13.4. The van der Waals surface area contributed by atoms with Crippen molar-refractivity contribution in [2.75, 3.05) is 0 Å². The van der Waals surface area contributed by atoms with Crippen LogP contribution >= 0.6 is 0 Å². The first-order valence-corrected chi connectivity index (χ1v) is 8.10. The van der Waals surface area contributed by atoms with Crippen molar-refractivity contribution in [2.24, 2.45) is 0 Å². The average molecular weight is 310 g/mol. The predicted molar refractivity (Wildman–Crippen MR) is 92.0 cm³/mol. The van der Waals surface area contributed by atoms with Gasteiger partial charge in [-0.1, -0.05) is 60.7 Å². The Kier molecular flexibility index (Phi) is 2.66. The third kappa shape index (κ3) is 1.50. The maximum absolute atomic E-state index is 11.6. The first-order valence-electron chi connectivity index (χ1n) is 8.10. The van der Waals surface area contributed by atoms with Crippen LogP contribution < -0.4 is 0 Å². The van der Waals surface area contributed by atoms with E-state index in [1.54, 1.807) is 0 Å². The van der Waals surface area contributed by atoms with E-state index in [1.807, 2.05) is 36.4 Å². The van der Waals surface area contributed by atoms with Crippen molar-refractivity contribution in [3.63, 3.8) is 0 Å². The molecule has 0 radical (unpaired) electrons. The Labute approximate surface area is 139 Å². The van der Waals surface area contributed by atoms with Gasteiger partial charge in [0.05, 0.1) is 0 Å². The number of carbonyl (C=O) groups excluding carboxylic acids is 2. The lowest BCUT2D eigenvalue weighted by Gasteiger charge is -2.43. The number of rotatable bonds is 2. The summed E-state index contributed by atoms with van der Waals surface area (Å²) in [7, 11) is 0. The minimum absolute atomic E-state index is 0.0255. The lowest BCUT2D eigenvalue weighted by Crippen LogP contribution is -2.29. The van der Waals surface area contributed by atoms with Crippen LogP contribution in [0.2, 0.25) is 0 Å². The molecule has 0 saturated carbocycles. The monoisotopic (exact) mass is 310 g/mol. The van der Waals surface area contributed by atoms with Gasteiger partial charge in [0.15, 0.2) is 0 Å². The molecule has 2 nitrogen and oxygen atoms in total. The summed E-state index contributed by atoms with van der Waals surface area (Å²) in [4.78, 5) is 23.3. The number of benzene rings is 3. The number of carbonyl (C=O) groups is 2. The SMILES string of the molecule is O=Cc1cccc2c1[C@@H]1c3ccccc3[C@H]2c2c(C=O)cccc21. The van der Waals surface area contributed by atoms with Gasteiger partial charge < -0.3 is 0 Å². The lowest BCUT2D eigenvalue weighted by atomic mass is 9.59. The highest BCUT2D eigenvalue weighted by Gasteiger charge is 2.43. The highest BCUT2D eigenvalue weighted by atomic mass is 16.1. The molecule has 0 aromatic heterocycles. The van der Waals surface area contributed by atoms with Crippen molar-refractivity contribution >= 4 is 12.6 Å². The van der Waals surface area contributed by atoms with Crippen LogP contribution in [0.4, 0.5) is 0 Å². The highest BCUT2D eigenvalue weighted by molar-refractivity contribution is 5.86. The fraction of sp³-hybridized carbons (Fsp3) is 0.0909. The Morgan fingerprint density at radius 2 is 0.958 bits per heavy atom. The molecule has 3 aromatic carbocycles. The number of hydrogen-bond donors (Lipinski definition) is 0. The van der Waals surface area contributed by atoms with Crippen LogP contribution in [0.15, 0.2) is 60.7 Å². The molecule has 114 valence electrons. The number of aldehydes is 2. The van der Waals surface area contributed by atoms with Gasteiger partial charge in [-0.15, -0.1) is 0 Å². The quantitative estimate of drug-likeness (QED) is 0.456. The van der Waals surface area contributed by atoms with Crippen molar-refractivity contribution in [1.29, 1.82) is 0 Å². The van der Waals surface area contributed by atoms with E-state index < -0.39 is 0 Å². The second-order valence-electron chi connectivity index (χ2n) is 6.43. The zero-order valence-corrected chi connectivity index (χ0v) is 12.9. The van der Waals surface area contributed by atoms with Gasteiger partial charge in [0.2, 0.25) is 0 Å². The van der Waals surface area contributed by atoms with Crippen molar-refractivity contribution in [3.8, 4) is 0 Å². The van der Waals surface area contributed by atoms with Gasteiger partial charge in [0.25, 0.3) is 0 Å². The Bertz CT molecular complexity index is 934. The minimum Gasteiger partial charge on any atom is -0.298 e. The van der Waals surface area contributed by atoms with E-state index in [4.69, 9.17) is 0 Å². The van der Waals surface area contributed by atoms with Crippen LogP contribution in [-0.2, 0) is 0 Å². The standard InChI is InChI=1S/C22H14O2/c23-11-13-5-4-10-18-19(13)21-15-7-1-2-8-16(15)22(18)20-14(12-24)6-3-9-17(20)21/h1-12,21-22H/t21-,22-/m1/s1. The Morgan fingerprint density at radius 1 is 0.542 bits per heavy atom. The van der Waals surface area contributed by atoms with Crippen LogP contribution in [0, 0.1) is 0 Å². The summed E-state index contributed by atoms with van der Waals surface area (Å²) in [6, 6.07) is 20.2. The van der Waals surface area contributed by atoms with Crippen LogP contribution in [-0.4, -0.2) is 12.6 Å². The normalized spacial score (nSPS) is 19.2. The summed E-state index contributed by atoms with van der Waals surface area (Å²) in [5.74, 6) is 0.0509. The summed E-state index contributed by atoms with van der Waals surface area (Å²) in [6.45, 7) is 0. The summed E-state index contributed by atoms with van der Waals surface area (Å²) >= 11 is 0. The minimum atomic E-state index is 0.0255. The topological polar surface area (TPSA) is 34.1 Å². The third-order valence-electron chi connectivity index (χ3n) is 5.42. The maximum atomic E-state index is 11.6. The van der Waals surface area contributed by atoms with Crippen molar-refractivity contribution in [2.45, 2.75) is 11.8 Å². The zero-order chi connectivity index (χ0) is 16.3. The molecule has 0 unspecified atom stereocenters. The molecular weight excluding hydrogens is 296 g/mol. The summed E-state index contributed by atoms with van der Waals surface area (Å²) in [6.07, 6.45) is 1.90. The predicted octanol–water partition coefficient (Wildman–Crippen LogP) is 4.30. The van der Waals surface area contributed by atoms with E-state index in [2.05, 4.69) is 24.3 Å². The Morgan fingerprint density at radius 3 is 1.38 bits per heavy atom. The van der Waals surface area contributed by atoms with Crippen molar-refractivity contribution < 1.29 is 9.59 Å². The summed E-state index contributed by atoms with van der Waals surface area (Å²) < 4.78 is 0. The van der Waals surface area contributed by atoms with Crippen LogP contribution in [0.25, 0.3) is 0 Å².